The minimum absolute atomic E-state index is 0.0132. The number of methoxy groups -OCH3 is 1. The molecule has 2 aromatic rings. The van der Waals surface area contributed by atoms with Crippen LogP contribution in [0.1, 0.15) is 15.9 Å². The molecule has 1 N–H and O–H groups in total. The predicted molar refractivity (Wildman–Crippen MR) is 84.1 cm³/mol. The van der Waals surface area contributed by atoms with Crippen LogP contribution in [-0.2, 0) is 0 Å². The summed E-state index contributed by atoms with van der Waals surface area (Å²) in [5.41, 5.74) is 1.66. The molecule has 3 nitrogen and oxygen atoms in total. The van der Waals surface area contributed by atoms with E-state index in [0.29, 0.717) is 28.2 Å². The molecule has 2 aromatic carbocycles. The Morgan fingerprint density at radius 2 is 2.09 bits per heavy atom. The third-order valence-corrected chi connectivity index (χ3v) is 4.53. The van der Waals surface area contributed by atoms with Crippen molar-refractivity contribution in [2.75, 3.05) is 12.9 Å². The molecule has 0 saturated heterocycles. The van der Waals surface area contributed by atoms with Crippen LogP contribution < -0.4 is 4.74 Å². The van der Waals surface area contributed by atoms with Gasteiger partial charge in [0.05, 0.1) is 7.11 Å². The van der Waals surface area contributed by atoms with Gasteiger partial charge < -0.3 is 9.84 Å². The third-order valence-electron chi connectivity index (χ3n) is 3.40. The van der Waals surface area contributed by atoms with E-state index in [1.54, 1.807) is 24.3 Å². The molecule has 0 spiro atoms. The number of ether oxygens (including phenoxy) is 1. The second kappa shape index (κ2) is 5.85. The van der Waals surface area contributed by atoms with Crippen LogP contribution in [0, 0.1) is 5.82 Å². The van der Waals surface area contributed by atoms with Gasteiger partial charge in [0.15, 0.2) is 17.3 Å². The maximum Gasteiger partial charge on any atom is 0.191 e. The Labute approximate surface area is 131 Å². The highest BCUT2D eigenvalue weighted by atomic mass is 32.2. The molecule has 112 valence electrons. The van der Waals surface area contributed by atoms with E-state index in [-0.39, 0.29) is 11.5 Å². The van der Waals surface area contributed by atoms with E-state index in [4.69, 9.17) is 4.74 Å². The SMILES string of the molecule is COc1ccc(/C=C2\CSc3ccc(F)cc3C2=O)cc1O. The minimum Gasteiger partial charge on any atom is -0.504 e. The monoisotopic (exact) mass is 316 g/mol. The van der Waals surface area contributed by atoms with Crippen LogP contribution in [-0.4, -0.2) is 23.8 Å². The topological polar surface area (TPSA) is 46.5 Å². The van der Waals surface area contributed by atoms with Gasteiger partial charge in [-0.05, 0) is 42.0 Å². The van der Waals surface area contributed by atoms with Crippen molar-refractivity contribution < 1.29 is 19.0 Å². The first kappa shape index (κ1) is 14.7. The van der Waals surface area contributed by atoms with E-state index in [9.17, 15) is 14.3 Å². The highest BCUT2D eigenvalue weighted by Crippen LogP contribution is 2.34. The van der Waals surface area contributed by atoms with E-state index >= 15 is 0 Å². The zero-order valence-corrected chi connectivity index (χ0v) is 12.6. The first-order valence-corrected chi connectivity index (χ1v) is 7.61. The van der Waals surface area contributed by atoms with Gasteiger partial charge >= 0.3 is 0 Å². The van der Waals surface area contributed by atoms with Crippen molar-refractivity contribution >= 4 is 23.6 Å². The van der Waals surface area contributed by atoms with Crippen molar-refractivity contribution in [3.8, 4) is 11.5 Å². The number of hydrogen-bond acceptors (Lipinski definition) is 4. The number of hydrogen-bond donors (Lipinski definition) is 1. The summed E-state index contributed by atoms with van der Waals surface area (Å²) in [4.78, 5) is 13.2. The lowest BCUT2D eigenvalue weighted by Crippen LogP contribution is -2.12. The number of benzene rings is 2. The summed E-state index contributed by atoms with van der Waals surface area (Å²) < 4.78 is 18.3. The molecule has 0 fully saturated rings. The molecule has 22 heavy (non-hydrogen) atoms. The summed E-state index contributed by atoms with van der Waals surface area (Å²) in [6.07, 6.45) is 1.71. The van der Waals surface area contributed by atoms with Crippen LogP contribution >= 0.6 is 11.8 Å². The zero-order chi connectivity index (χ0) is 15.7. The number of Topliss-reactive ketones (excluding diaryl/α,β-unsaturated/α-hetero) is 1. The fourth-order valence-electron chi connectivity index (χ4n) is 2.30. The molecule has 0 aromatic heterocycles. The van der Waals surface area contributed by atoms with Crippen LogP contribution in [0.25, 0.3) is 6.08 Å². The summed E-state index contributed by atoms with van der Waals surface area (Å²) in [5, 5.41) is 9.79. The second-order valence-electron chi connectivity index (χ2n) is 4.86. The maximum absolute atomic E-state index is 13.3. The van der Waals surface area contributed by atoms with Gasteiger partial charge in [-0.1, -0.05) is 6.07 Å². The van der Waals surface area contributed by atoms with Crippen LogP contribution in [0.15, 0.2) is 46.9 Å². The van der Waals surface area contributed by atoms with E-state index in [1.807, 2.05) is 0 Å². The molecule has 3 rings (SSSR count). The molecule has 0 atom stereocenters. The van der Waals surface area contributed by atoms with Gasteiger partial charge in [0.1, 0.15) is 5.82 Å². The fraction of sp³-hybridized carbons (Fsp3) is 0.118. The minimum atomic E-state index is -0.420. The normalized spacial score (nSPS) is 15.7. The van der Waals surface area contributed by atoms with Crippen molar-refractivity contribution in [2.45, 2.75) is 4.90 Å². The van der Waals surface area contributed by atoms with Crippen molar-refractivity contribution in [1.29, 1.82) is 0 Å². The van der Waals surface area contributed by atoms with Gasteiger partial charge in [-0.3, -0.25) is 4.79 Å². The Hall–Kier alpha value is -2.27. The number of fused-ring (bicyclic) bond motifs is 1. The number of aromatic hydroxyl groups is 1. The fourth-order valence-corrected chi connectivity index (χ4v) is 3.30. The van der Waals surface area contributed by atoms with Crippen molar-refractivity contribution in [1.82, 2.24) is 0 Å². The summed E-state index contributed by atoms with van der Waals surface area (Å²) >= 11 is 1.50. The summed E-state index contributed by atoms with van der Waals surface area (Å²) in [7, 11) is 1.47. The van der Waals surface area contributed by atoms with Gasteiger partial charge in [-0.25, -0.2) is 4.39 Å². The molecule has 0 aliphatic carbocycles. The standard InChI is InChI=1S/C17H13FO3S/c1-21-15-4-2-10(7-14(15)19)6-11-9-22-16-5-3-12(18)8-13(16)17(11)20/h2-8,19H,9H2,1H3/b11-6+. The van der Waals surface area contributed by atoms with Crippen molar-refractivity contribution in [3.63, 3.8) is 0 Å². The van der Waals surface area contributed by atoms with Gasteiger partial charge in [0.25, 0.3) is 0 Å². The summed E-state index contributed by atoms with van der Waals surface area (Å²) in [6, 6.07) is 9.17. The largest absolute Gasteiger partial charge is 0.504 e. The van der Waals surface area contributed by atoms with Crippen LogP contribution in [0.3, 0.4) is 0 Å². The smallest absolute Gasteiger partial charge is 0.191 e. The first-order chi connectivity index (χ1) is 10.6. The molecular weight excluding hydrogens is 303 g/mol. The number of ketones is 1. The zero-order valence-electron chi connectivity index (χ0n) is 11.8. The Kier molecular flexibility index (Phi) is 3.90. The number of thioether (sulfide) groups is 1. The summed E-state index contributed by atoms with van der Waals surface area (Å²) in [5.74, 6) is 0.308. The average molecular weight is 316 g/mol. The lowest BCUT2D eigenvalue weighted by atomic mass is 10.0. The lowest BCUT2D eigenvalue weighted by Gasteiger charge is -2.17. The molecular formula is C17H13FO3S. The van der Waals surface area contributed by atoms with Gasteiger partial charge in [0, 0.05) is 21.8 Å². The molecule has 0 bridgehead atoms. The molecule has 0 amide bonds. The van der Waals surface area contributed by atoms with E-state index in [2.05, 4.69) is 0 Å². The number of rotatable bonds is 2. The average Bonchev–Trinajstić information content (AvgIpc) is 2.51. The number of phenols is 1. The Balaban J connectivity index is 1.96. The first-order valence-electron chi connectivity index (χ1n) is 6.63. The van der Waals surface area contributed by atoms with Crippen LogP contribution in [0.5, 0.6) is 11.5 Å². The summed E-state index contributed by atoms with van der Waals surface area (Å²) in [6.45, 7) is 0. The Morgan fingerprint density at radius 1 is 1.27 bits per heavy atom. The van der Waals surface area contributed by atoms with E-state index in [0.717, 1.165) is 4.90 Å². The van der Waals surface area contributed by atoms with Crippen LogP contribution in [0.2, 0.25) is 0 Å². The Bertz CT molecular complexity index is 783. The second-order valence-corrected chi connectivity index (χ2v) is 5.88. The molecule has 1 aliphatic heterocycles. The lowest BCUT2D eigenvalue weighted by molar-refractivity contribution is 0.103. The van der Waals surface area contributed by atoms with E-state index in [1.165, 1.54) is 37.1 Å². The van der Waals surface area contributed by atoms with Gasteiger partial charge in [0.2, 0.25) is 0 Å². The number of carbonyl (C=O) groups is 1. The van der Waals surface area contributed by atoms with Crippen molar-refractivity contribution in [3.05, 3.63) is 58.9 Å². The predicted octanol–water partition coefficient (Wildman–Crippen LogP) is 3.91. The van der Waals surface area contributed by atoms with Gasteiger partial charge in [-0.2, -0.15) is 0 Å². The number of halogens is 1. The molecule has 0 radical (unpaired) electrons. The molecule has 1 aliphatic rings. The Morgan fingerprint density at radius 3 is 2.82 bits per heavy atom. The highest BCUT2D eigenvalue weighted by Gasteiger charge is 2.23. The molecule has 1 heterocycles. The molecule has 0 saturated carbocycles. The maximum atomic E-state index is 13.3. The number of phenolic OH excluding ortho intramolecular Hbond substituents is 1. The molecule has 5 heteroatoms. The quantitative estimate of drug-likeness (QED) is 0.853. The highest BCUT2D eigenvalue weighted by molar-refractivity contribution is 7.99. The van der Waals surface area contributed by atoms with Crippen LogP contribution in [0.4, 0.5) is 4.39 Å². The number of carbonyl (C=O) groups excluding carboxylic acids is 1. The van der Waals surface area contributed by atoms with Crippen molar-refractivity contribution in [2.24, 2.45) is 0 Å². The third kappa shape index (κ3) is 2.72. The van der Waals surface area contributed by atoms with E-state index < -0.39 is 5.82 Å². The molecule has 0 unspecified atom stereocenters. The van der Waals surface area contributed by atoms with Gasteiger partial charge in [-0.15, -0.1) is 11.8 Å².